The Morgan fingerprint density at radius 2 is 2.00 bits per heavy atom. The first-order chi connectivity index (χ1) is 14.3. The van der Waals surface area contributed by atoms with Crippen LogP contribution in [-0.4, -0.2) is 62.9 Å². The Bertz CT molecular complexity index is 893. The quantitative estimate of drug-likeness (QED) is 0.405. The van der Waals surface area contributed by atoms with Crippen molar-refractivity contribution in [3.05, 3.63) is 41.5 Å². The number of hydrogen-bond donors (Lipinski definition) is 1. The number of amides is 2. The van der Waals surface area contributed by atoms with Gasteiger partial charge >= 0.3 is 5.97 Å². The van der Waals surface area contributed by atoms with E-state index in [2.05, 4.69) is 5.32 Å². The van der Waals surface area contributed by atoms with E-state index < -0.39 is 42.0 Å². The second-order valence-corrected chi connectivity index (χ2v) is 8.12. The predicted molar refractivity (Wildman–Crippen MR) is 108 cm³/mol. The molecular weight excluding hydrogens is 388 g/mol. The van der Waals surface area contributed by atoms with Crippen LogP contribution < -0.4 is 10.2 Å². The molecule has 2 amide bonds. The van der Waals surface area contributed by atoms with Crippen LogP contribution in [0.1, 0.15) is 11.1 Å². The van der Waals surface area contributed by atoms with Crippen LogP contribution in [0.3, 0.4) is 0 Å². The standard InChI is InChI=1S/C22H26N2O6/c1-13-8-14(2)10-15(9-13)24-12-22-5-4-16(30-22)18(19(22)20(24)26)21(27)29-11-17(25)23-6-7-28-3/h4-5,8-10,16,18-19H,6-7,11-12H2,1-3H3,(H,23,25)/t16-,18+,19+,22+/m1/s1. The molecule has 1 aromatic carbocycles. The molecule has 1 spiro atoms. The summed E-state index contributed by atoms with van der Waals surface area (Å²) in [6.45, 7) is 4.63. The smallest absolute Gasteiger partial charge is 0.313 e. The highest BCUT2D eigenvalue weighted by molar-refractivity contribution is 6.02. The predicted octanol–water partition coefficient (Wildman–Crippen LogP) is 0.896. The molecule has 3 aliphatic rings. The summed E-state index contributed by atoms with van der Waals surface area (Å²) in [5.74, 6) is -2.57. The van der Waals surface area contributed by atoms with E-state index >= 15 is 0 Å². The number of rotatable bonds is 7. The number of hydrogen-bond acceptors (Lipinski definition) is 6. The number of benzene rings is 1. The van der Waals surface area contributed by atoms with Gasteiger partial charge in [0.15, 0.2) is 6.61 Å². The van der Waals surface area contributed by atoms with Gasteiger partial charge in [0.05, 0.1) is 25.2 Å². The molecule has 4 atom stereocenters. The fourth-order valence-electron chi connectivity index (χ4n) is 4.67. The zero-order valence-electron chi connectivity index (χ0n) is 17.3. The Hall–Kier alpha value is -2.71. The van der Waals surface area contributed by atoms with Crippen molar-refractivity contribution in [1.82, 2.24) is 5.32 Å². The minimum atomic E-state index is -0.830. The van der Waals surface area contributed by atoms with E-state index in [9.17, 15) is 14.4 Å². The van der Waals surface area contributed by atoms with E-state index in [0.717, 1.165) is 16.8 Å². The van der Waals surface area contributed by atoms with Gasteiger partial charge in [-0.1, -0.05) is 18.2 Å². The van der Waals surface area contributed by atoms with Crippen LogP contribution >= 0.6 is 0 Å². The van der Waals surface area contributed by atoms with E-state index in [1.54, 1.807) is 4.90 Å². The molecule has 4 rings (SSSR count). The van der Waals surface area contributed by atoms with Crippen molar-refractivity contribution in [2.24, 2.45) is 11.8 Å². The summed E-state index contributed by atoms with van der Waals surface area (Å²) in [5, 5.41) is 2.59. The summed E-state index contributed by atoms with van der Waals surface area (Å²) in [4.78, 5) is 39.6. The summed E-state index contributed by atoms with van der Waals surface area (Å²) >= 11 is 0. The monoisotopic (exact) mass is 414 g/mol. The third-order valence-electron chi connectivity index (χ3n) is 5.86. The average molecular weight is 414 g/mol. The highest BCUT2D eigenvalue weighted by Crippen LogP contribution is 2.53. The number of anilines is 1. The number of esters is 1. The number of carbonyl (C=O) groups is 3. The molecular formula is C22H26N2O6. The lowest BCUT2D eigenvalue weighted by Crippen LogP contribution is -2.41. The van der Waals surface area contributed by atoms with Crippen molar-refractivity contribution < 1.29 is 28.6 Å². The van der Waals surface area contributed by atoms with Crippen molar-refractivity contribution in [2.75, 3.05) is 38.3 Å². The van der Waals surface area contributed by atoms with Gasteiger partial charge in [-0.3, -0.25) is 14.4 Å². The number of carbonyl (C=O) groups excluding carboxylic acids is 3. The Balaban J connectivity index is 1.48. The topological polar surface area (TPSA) is 94.2 Å². The van der Waals surface area contributed by atoms with Crippen LogP contribution in [0.4, 0.5) is 5.69 Å². The second kappa shape index (κ2) is 7.85. The summed E-state index contributed by atoms with van der Waals surface area (Å²) in [6.07, 6.45) is 3.20. The number of methoxy groups -OCH3 is 1. The summed E-state index contributed by atoms with van der Waals surface area (Å²) in [6, 6.07) is 5.95. The zero-order valence-corrected chi connectivity index (χ0v) is 17.3. The van der Waals surface area contributed by atoms with Crippen LogP contribution in [0, 0.1) is 25.7 Å². The molecule has 1 aromatic rings. The van der Waals surface area contributed by atoms with Gasteiger partial charge in [-0.2, -0.15) is 0 Å². The van der Waals surface area contributed by atoms with Gasteiger partial charge in [0.25, 0.3) is 5.91 Å². The zero-order chi connectivity index (χ0) is 21.5. The van der Waals surface area contributed by atoms with E-state index in [1.807, 2.05) is 44.2 Å². The molecule has 8 heteroatoms. The van der Waals surface area contributed by atoms with E-state index in [-0.39, 0.29) is 5.91 Å². The van der Waals surface area contributed by atoms with Crippen molar-refractivity contribution in [3.63, 3.8) is 0 Å². The Morgan fingerprint density at radius 3 is 2.70 bits per heavy atom. The third-order valence-corrected chi connectivity index (χ3v) is 5.86. The van der Waals surface area contributed by atoms with Crippen molar-refractivity contribution in [1.29, 1.82) is 0 Å². The molecule has 3 aliphatic heterocycles. The van der Waals surface area contributed by atoms with Gasteiger partial charge in [-0.25, -0.2) is 0 Å². The van der Waals surface area contributed by atoms with Gasteiger partial charge in [-0.05, 0) is 37.1 Å². The van der Waals surface area contributed by atoms with Crippen LogP contribution in [0.25, 0.3) is 0 Å². The molecule has 3 heterocycles. The molecule has 2 saturated heterocycles. The Labute approximate surface area is 175 Å². The van der Waals surface area contributed by atoms with Gasteiger partial charge in [0.2, 0.25) is 5.91 Å². The SMILES string of the molecule is COCCNC(=O)COC(=O)[C@@H]1[C@H]2C(=O)N(c3cc(C)cc(C)c3)C[C@@]23C=C[C@H]1O3. The average Bonchev–Trinajstić information content (AvgIpc) is 3.34. The fraction of sp³-hybridized carbons (Fsp3) is 0.500. The minimum absolute atomic E-state index is 0.154. The fourth-order valence-corrected chi connectivity index (χ4v) is 4.67. The highest BCUT2D eigenvalue weighted by atomic mass is 16.6. The summed E-state index contributed by atoms with van der Waals surface area (Å²) in [5.41, 5.74) is 2.09. The molecule has 0 aromatic heterocycles. The van der Waals surface area contributed by atoms with Crippen LogP contribution in [0.2, 0.25) is 0 Å². The number of fused-ring (bicyclic) bond motifs is 1. The van der Waals surface area contributed by atoms with Gasteiger partial charge < -0.3 is 24.4 Å². The normalized spacial score (nSPS) is 28.7. The molecule has 2 bridgehead atoms. The van der Waals surface area contributed by atoms with E-state index in [1.165, 1.54) is 7.11 Å². The molecule has 0 saturated carbocycles. The maximum atomic E-state index is 13.3. The first kappa shape index (κ1) is 20.6. The summed E-state index contributed by atoms with van der Waals surface area (Å²) in [7, 11) is 1.53. The molecule has 0 unspecified atom stereocenters. The lowest BCUT2D eigenvalue weighted by molar-refractivity contribution is -0.155. The van der Waals surface area contributed by atoms with Crippen molar-refractivity contribution in [3.8, 4) is 0 Å². The van der Waals surface area contributed by atoms with Crippen LogP contribution in [0.15, 0.2) is 30.4 Å². The molecule has 30 heavy (non-hydrogen) atoms. The number of aryl methyl sites for hydroxylation is 2. The van der Waals surface area contributed by atoms with E-state index in [4.69, 9.17) is 14.2 Å². The molecule has 0 radical (unpaired) electrons. The number of ether oxygens (including phenoxy) is 3. The van der Waals surface area contributed by atoms with Crippen LogP contribution in [0.5, 0.6) is 0 Å². The lowest BCUT2D eigenvalue weighted by Gasteiger charge is -2.22. The largest absolute Gasteiger partial charge is 0.455 e. The van der Waals surface area contributed by atoms with Crippen molar-refractivity contribution in [2.45, 2.75) is 25.6 Å². The van der Waals surface area contributed by atoms with Gasteiger partial charge in [0, 0.05) is 19.3 Å². The first-order valence-electron chi connectivity index (χ1n) is 10.0. The third kappa shape index (κ3) is 3.50. The number of nitrogens with zero attached hydrogens (tertiary/aromatic N) is 1. The second-order valence-electron chi connectivity index (χ2n) is 8.12. The molecule has 8 nitrogen and oxygen atoms in total. The van der Waals surface area contributed by atoms with Crippen LogP contribution in [-0.2, 0) is 28.6 Å². The maximum Gasteiger partial charge on any atom is 0.313 e. The van der Waals surface area contributed by atoms with E-state index in [0.29, 0.717) is 19.7 Å². The number of nitrogens with one attached hydrogen (secondary N) is 1. The molecule has 0 aliphatic carbocycles. The Kier molecular flexibility index (Phi) is 5.38. The molecule has 1 N–H and O–H groups in total. The first-order valence-corrected chi connectivity index (χ1v) is 10.0. The highest BCUT2D eigenvalue weighted by Gasteiger charge is 2.67. The minimum Gasteiger partial charge on any atom is -0.455 e. The lowest BCUT2D eigenvalue weighted by atomic mass is 9.77. The Morgan fingerprint density at radius 1 is 1.27 bits per heavy atom. The summed E-state index contributed by atoms with van der Waals surface area (Å²) < 4.78 is 16.2. The van der Waals surface area contributed by atoms with Crippen molar-refractivity contribution >= 4 is 23.5 Å². The van der Waals surface area contributed by atoms with Gasteiger partial charge in [-0.15, -0.1) is 0 Å². The van der Waals surface area contributed by atoms with Gasteiger partial charge in [0.1, 0.15) is 11.5 Å². The molecule has 160 valence electrons. The maximum absolute atomic E-state index is 13.3. The molecule has 2 fully saturated rings.